The lowest BCUT2D eigenvalue weighted by Crippen LogP contribution is -2.47. The lowest BCUT2D eigenvalue weighted by molar-refractivity contribution is -0.120. The summed E-state index contributed by atoms with van der Waals surface area (Å²) in [5.74, 6) is -1.11. The van der Waals surface area contributed by atoms with Gasteiger partial charge in [-0.05, 0) is 23.8 Å². The predicted octanol–water partition coefficient (Wildman–Crippen LogP) is 3.82. The van der Waals surface area contributed by atoms with Gasteiger partial charge in [0.2, 0.25) is 0 Å². The van der Waals surface area contributed by atoms with Crippen molar-refractivity contribution in [1.29, 1.82) is 0 Å². The van der Waals surface area contributed by atoms with Crippen molar-refractivity contribution < 1.29 is 14.4 Å². The van der Waals surface area contributed by atoms with E-state index >= 15 is 0 Å². The lowest BCUT2D eigenvalue weighted by Gasteiger charge is -2.12. The maximum atomic E-state index is 12.9. The molecule has 176 valence electrons. The number of para-hydroxylation sites is 1. The van der Waals surface area contributed by atoms with Gasteiger partial charge in [0.05, 0.1) is 16.8 Å². The van der Waals surface area contributed by atoms with Crippen molar-refractivity contribution in [3.63, 3.8) is 0 Å². The molecule has 4 amide bonds. The topological polar surface area (TPSA) is 112 Å². The van der Waals surface area contributed by atoms with E-state index < -0.39 is 17.8 Å². The molecule has 0 radical (unpaired) electrons. The zero-order chi connectivity index (χ0) is 24.6. The molecule has 3 aromatic carbocycles. The fraction of sp³-hybridized carbons (Fsp3) is 0.0769. The van der Waals surface area contributed by atoms with Crippen LogP contribution in [0.25, 0.3) is 22.2 Å². The number of benzene rings is 3. The number of nitrogens with zero attached hydrogens (tertiary/aromatic N) is 1. The number of carbonyl (C=O) groups excluding carboxylic acids is 3. The summed E-state index contributed by atoms with van der Waals surface area (Å²) in [7, 11) is 0. The summed E-state index contributed by atoms with van der Waals surface area (Å²) >= 11 is 6.32. The highest BCUT2D eigenvalue weighted by atomic mass is 35.5. The molecule has 1 aromatic heterocycles. The van der Waals surface area contributed by atoms with Crippen LogP contribution in [0.2, 0.25) is 5.02 Å². The van der Waals surface area contributed by atoms with Crippen molar-refractivity contribution in [1.82, 2.24) is 26.5 Å². The molecule has 0 saturated heterocycles. The second-order valence-corrected chi connectivity index (χ2v) is 7.98. The van der Waals surface area contributed by atoms with E-state index in [1.165, 1.54) is 0 Å². The fourth-order valence-corrected chi connectivity index (χ4v) is 3.64. The van der Waals surface area contributed by atoms with Crippen molar-refractivity contribution in [2.75, 3.05) is 6.54 Å². The van der Waals surface area contributed by atoms with Crippen molar-refractivity contribution in [3.05, 3.63) is 101 Å². The molecular formula is C26H22ClN5O3. The number of rotatable bonds is 6. The SMILES string of the molecule is O=C(CNC(=O)NCc1ccccc1)NNC(=O)c1cc(-c2ccccc2Cl)nc2ccccc12. The summed E-state index contributed by atoms with van der Waals surface area (Å²) in [6, 6.07) is 24.9. The Bertz CT molecular complexity index is 1380. The minimum absolute atomic E-state index is 0.317. The molecule has 4 N–H and O–H groups in total. The molecule has 0 saturated carbocycles. The Morgan fingerprint density at radius 1 is 0.800 bits per heavy atom. The van der Waals surface area contributed by atoms with Gasteiger partial charge in [-0.1, -0.05) is 78.3 Å². The summed E-state index contributed by atoms with van der Waals surface area (Å²) in [5, 5.41) is 6.23. The zero-order valence-electron chi connectivity index (χ0n) is 18.5. The molecular weight excluding hydrogens is 466 g/mol. The van der Waals surface area contributed by atoms with E-state index in [2.05, 4.69) is 26.5 Å². The van der Waals surface area contributed by atoms with Crippen molar-refractivity contribution >= 4 is 40.3 Å². The van der Waals surface area contributed by atoms with Crippen molar-refractivity contribution in [2.45, 2.75) is 6.54 Å². The lowest BCUT2D eigenvalue weighted by atomic mass is 10.0. The average molecular weight is 488 g/mol. The van der Waals surface area contributed by atoms with Crippen LogP contribution in [0, 0.1) is 0 Å². The Kier molecular flexibility index (Phi) is 7.54. The van der Waals surface area contributed by atoms with E-state index in [1.807, 2.05) is 54.6 Å². The van der Waals surface area contributed by atoms with E-state index in [1.54, 1.807) is 30.3 Å². The van der Waals surface area contributed by atoms with Crippen LogP contribution in [0.3, 0.4) is 0 Å². The van der Waals surface area contributed by atoms with E-state index in [0.29, 0.717) is 39.3 Å². The number of hydrogen-bond acceptors (Lipinski definition) is 4. The van der Waals surface area contributed by atoms with Gasteiger partial charge in [-0.2, -0.15) is 0 Å². The molecule has 8 nitrogen and oxygen atoms in total. The third-order valence-electron chi connectivity index (χ3n) is 5.13. The molecule has 0 atom stereocenters. The number of halogens is 1. The highest BCUT2D eigenvalue weighted by Gasteiger charge is 2.16. The number of hydrogen-bond donors (Lipinski definition) is 4. The summed E-state index contributed by atoms with van der Waals surface area (Å²) in [4.78, 5) is 41.6. The van der Waals surface area contributed by atoms with Crippen LogP contribution in [-0.2, 0) is 11.3 Å². The molecule has 35 heavy (non-hydrogen) atoms. The summed E-state index contributed by atoms with van der Waals surface area (Å²) in [6.45, 7) is 0.0107. The van der Waals surface area contributed by atoms with E-state index in [4.69, 9.17) is 11.6 Å². The summed E-state index contributed by atoms with van der Waals surface area (Å²) in [6.07, 6.45) is 0. The second kappa shape index (κ2) is 11.1. The number of aromatic nitrogens is 1. The molecule has 0 fully saturated rings. The quantitative estimate of drug-likeness (QED) is 0.310. The molecule has 4 aromatic rings. The highest BCUT2D eigenvalue weighted by Crippen LogP contribution is 2.29. The first-order chi connectivity index (χ1) is 17.0. The van der Waals surface area contributed by atoms with Crippen LogP contribution in [0.15, 0.2) is 84.9 Å². The maximum Gasteiger partial charge on any atom is 0.315 e. The first kappa shape index (κ1) is 23.7. The highest BCUT2D eigenvalue weighted by molar-refractivity contribution is 6.33. The standard InChI is InChI=1S/C26H22ClN5O3/c27-21-12-6-4-11-19(21)23-14-20(18-10-5-7-13-22(18)30-23)25(34)32-31-24(33)16-29-26(35)28-15-17-8-2-1-3-9-17/h1-14H,15-16H2,(H,31,33)(H,32,34)(H2,28,29,35). The van der Waals surface area contributed by atoms with Gasteiger partial charge >= 0.3 is 6.03 Å². The minimum Gasteiger partial charge on any atom is -0.334 e. The molecule has 9 heteroatoms. The molecule has 0 aliphatic rings. The largest absolute Gasteiger partial charge is 0.334 e. The van der Waals surface area contributed by atoms with Gasteiger partial charge in [-0.3, -0.25) is 20.4 Å². The van der Waals surface area contributed by atoms with Crippen LogP contribution >= 0.6 is 11.6 Å². The van der Waals surface area contributed by atoms with Crippen LogP contribution in [0.4, 0.5) is 4.79 Å². The van der Waals surface area contributed by atoms with Gasteiger partial charge in [0, 0.05) is 22.5 Å². The molecule has 0 aliphatic heterocycles. The minimum atomic E-state index is -0.585. The molecule has 4 rings (SSSR count). The smallest absolute Gasteiger partial charge is 0.315 e. The van der Waals surface area contributed by atoms with Gasteiger partial charge in [-0.15, -0.1) is 0 Å². The normalized spacial score (nSPS) is 10.4. The predicted molar refractivity (Wildman–Crippen MR) is 134 cm³/mol. The Hall–Kier alpha value is -4.43. The van der Waals surface area contributed by atoms with Gasteiger partial charge in [-0.25, -0.2) is 9.78 Å². The number of fused-ring (bicyclic) bond motifs is 1. The third-order valence-corrected chi connectivity index (χ3v) is 5.46. The first-order valence-corrected chi connectivity index (χ1v) is 11.2. The summed E-state index contributed by atoms with van der Waals surface area (Å²) < 4.78 is 0. The number of urea groups is 1. The van der Waals surface area contributed by atoms with Crippen LogP contribution in [0.5, 0.6) is 0 Å². The number of pyridine rings is 1. The Morgan fingerprint density at radius 3 is 2.31 bits per heavy atom. The Morgan fingerprint density at radius 2 is 1.51 bits per heavy atom. The fourth-order valence-electron chi connectivity index (χ4n) is 3.41. The molecule has 0 unspecified atom stereocenters. The monoisotopic (exact) mass is 487 g/mol. The van der Waals surface area contributed by atoms with Crippen molar-refractivity contribution in [3.8, 4) is 11.3 Å². The molecule has 1 heterocycles. The first-order valence-electron chi connectivity index (χ1n) is 10.8. The van der Waals surface area contributed by atoms with E-state index in [-0.39, 0.29) is 6.54 Å². The van der Waals surface area contributed by atoms with E-state index in [9.17, 15) is 14.4 Å². The molecule has 0 bridgehead atoms. The average Bonchev–Trinajstić information content (AvgIpc) is 2.89. The summed E-state index contributed by atoms with van der Waals surface area (Å²) in [5.41, 5.74) is 7.79. The molecule has 0 spiro atoms. The number of hydrazine groups is 1. The van der Waals surface area contributed by atoms with Crippen LogP contribution in [0.1, 0.15) is 15.9 Å². The molecule has 0 aliphatic carbocycles. The van der Waals surface area contributed by atoms with Gasteiger partial charge < -0.3 is 10.6 Å². The Labute approximate surface area is 206 Å². The van der Waals surface area contributed by atoms with Gasteiger partial charge in [0.15, 0.2) is 0 Å². The maximum absolute atomic E-state index is 12.9. The van der Waals surface area contributed by atoms with Crippen LogP contribution in [-0.4, -0.2) is 29.4 Å². The van der Waals surface area contributed by atoms with Crippen molar-refractivity contribution in [2.24, 2.45) is 0 Å². The number of nitrogens with one attached hydrogen (secondary N) is 4. The number of carbonyl (C=O) groups is 3. The van der Waals surface area contributed by atoms with Gasteiger partial charge in [0.1, 0.15) is 6.54 Å². The number of amides is 4. The zero-order valence-corrected chi connectivity index (χ0v) is 19.3. The third kappa shape index (κ3) is 6.13. The van der Waals surface area contributed by atoms with E-state index in [0.717, 1.165) is 5.56 Å². The second-order valence-electron chi connectivity index (χ2n) is 7.58. The van der Waals surface area contributed by atoms with Gasteiger partial charge in [0.25, 0.3) is 11.8 Å². The van der Waals surface area contributed by atoms with Crippen LogP contribution < -0.4 is 21.5 Å². The Balaban J connectivity index is 1.38.